The number of benzene rings is 2. The third-order valence-electron chi connectivity index (χ3n) is 4.61. The molecule has 0 radical (unpaired) electrons. The Labute approximate surface area is 170 Å². The molecule has 148 valence electrons. The van der Waals surface area contributed by atoms with E-state index in [4.69, 9.17) is 16.3 Å². The molecule has 2 aromatic rings. The van der Waals surface area contributed by atoms with E-state index < -0.39 is 0 Å². The highest BCUT2D eigenvalue weighted by molar-refractivity contribution is 6.32. The van der Waals surface area contributed by atoms with Crippen LogP contribution in [-0.4, -0.2) is 60.9 Å². The maximum absolute atomic E-state index is 12.3. The van der Waals surface area contributed by atoms with E-state index >= 15 is 0 Å². The molecular weight excluding hydrogens is 378 g/mol. The summed E-state index contributed by atoms with van der Waals surface area (Å²) >= 11 is 6.03. The van der Waals surface area contributed by atoms with Gasteiger partial charge in [-0.15, -0.1) is 0 Å². The molecule has 3 rings (SSSR count). The van der Waals surface area contributed by atoms with Crippen molar-refractivity contribution in [2.24, 2.45) is 0 Å². The molecule has 1 fully saturated rings. The van der Waals surface area contributed by atoms with Crippen molar-refractivity contribution in [3.05, 3.63) is 65.2 Å². The van der Waals surface area contributed by atoms with Crippen LogP contribution in [0.15, 0.2) is 54.6 Å². The number of rotatable bonds is 7. The Morgan fingerprint density at radius 3 is 2.36 bits per heavy atom. The van der Waals surface area contributed by atoms with Crippen LogP contribution < -0.4 is 10.1 Å². The summed E-state index contributed by atoms with van der Waals surface area (Å²) in [6.07, 6.45) is 0. The third kappa shape index (κ3) is 5.97. The molecule has 1 aliphatic heterocycles. The van der Waals surface area contributed by atoms with Crippen molar-refractivity contribution in [2.45, 2.75) is 6.54 Å². The first kappa shape index (κ1) is 20.2. The van der Waals surface area contributed by atoms with Crippen molar-refractivity contribution in [3.8, 4) is 5.75 Å². The molecule has 1 aliphatic rings. The summed E-state index contributed by atoms with van der Waals surface area (Å²) in [5, 5.41) is 3.42. The van der Waals surface area contributed by atoms with E-state index in [1.54, 1.807) is 17.0 Å². The Balaban J connectivity index is 1.36. The number of hydrogen-bond acceptors (Lipinski definition) is 4. The Bertz CT molecular complexity index is 792. The monoisotopic (exact) mass is 401 g/mol. The fraction of sp³-hybridized carbons (Fsp3) is 0.333. The molecule has 0 spiro atoms. The molecule has 0 atom stereocenters. The van der Waals surface area contributed by atoms with Gasteiger partial charge in [0.15, 0.2) is 6.61 Å². The molecule has 0 unspecified atom stereocenters. The zero-order valence-electron chi connectivity index (χ0n) is 15.6. The van der Waals surface area contributed by atoms with E-state index in [2.05, 4.69) is 10.2 Å². The van der Waals surface area contributed by atoms with Crippen molar-refractivity contribution in [1.29, 1.82) is 0 Å². The summed E-state index contributed by atoms with van der Waals surface area (Å²) in [5.74, 6) is 0.421. The van der Waals surface area contributed by atoms with E-state index in [1.807, 2.05) is 42.5 Å². The normalized spacial score (nSPS) is 14.5. The van der Waals surface area contributed by atoms with E-state index in [0.717, 1.165) is 5.56 Å². The molecule has 0 aromatic heterocycles. The lowest BCUT2D eigenvalue weighted by Gasteiger charge is -2.34. The number of piperazine rings is 1. The van der Waals surface area contributed by atoms with Crippen LogP contribution in [0.4, 0.5) is 0 Å². The third-order valence-corrected chi connectivity index (χ3v) is 4.92. The van der Waals surface area contributed by atoms with E-state index in [9.17, 15) is 9.59 Å². The van der Waals surface area contributed by atoms with Crippen LogP contribution in [0.5, 0.6) is 5.75 Å². The fourth-order valence-electron chi connectivity index (χ4n) is 3.00. The van der Waals surface area contributed by atoms with E-state index in [0.29, 0.717) is 50.0 Å². The second kappa shape index (κ2) is 10.1. The van der Waals surface area contributed by atoms with Gasteiger partial charge in [0.25, 0.3) is 5.91 Å². The van der Waals surface area contributed by atoms with Crippen molar-refractivity contribution < 1.29 is 14.3 Å². The average Bonchev–Trinajstić information content (AvgIpc) is 2.73. The highest BCUT2D eigenvalue weighted by atomic mass is 35.5. The van der Waals surface area contributed by atoms with Gasteiger partial charge >= 0.3 is 0 Å². The van der Waals surface area contributed by atoms with E-state index in [1.165, 1.54) is 0 Å². The van der Waals surface area contributed by atoms with Crippen molar-refractivity contribution >= 4 is 23.4 Å². The predicted octanol–water partition coefficient (Wildman–Crippen LogP) is 2.18. The molecular formula is C21H24ClN3O3. The lowest BCUT2D eigenvalue weighted by atomic mass is 10.2. The van der Waals surface area contributed by atoms with Crippen LogP contribution in [0.1, 0.15) is 5.56 Å². The highest BCUT2D eigenvalue weighted by Gasteiger charge is 2.22. The van der Waals surface area contributed by atoms with Crippen LogP contribution in [0, 0.1) is 0 Å². The number of para-hydroxylation sites is 1. The summed E-state index contributed by atoms with van der Waals surface area (Å²) in [7, 11) is 0. The van der Waals surface area contributed by atoms with Gasteiger partial charge in [0.05, 0.1) is 11.6 Å². The quantitative estimate of drug-likeness (QED) is 0.772. The van der Waals surface area contributed by atoms with Gasteiger partial charge in [0.2, 0.25) is 5.91 Å². The summed E-state index contributed by atoms with van der Waals surface area (Å²) in [6.45, 7) is 3.31. The number of nitrogens with one attached hydrogen (secondary N) is 1. The van der Waals surface area contributed by atoms with Gasteiger partial charge < -0.3 is 15.0 Å². The first-order valence-corrected chi connectivity index (χ1v) is 9.67. The molecule has 7 heteroatoms. The zero-order valence-corrected chi connectivity index (χ0v) is 16.4. The second-order valence-electron chi connectivity index (χ2n) is 6.64. The number of ether oxygens (including phenoxy) is 1. The van der Waals surface area contributed by atoms with Gasteiger partial charge in [-0.1, -0.05) is 54.1 Å². The largest absolute Gasteiger partial charge is 0.482 e. The molecule has 1 saturated heterocycles. The van der Waals surface area contributed by atoms with Crippen LogP contribution in [0.25, 0.3) is 0 Å². The lowest BCUT2D eigenvalue weighted by Crippen LogP contribution is -2.52. The summed E-state index contributed by atoms with van der Waals surface area (Å²) < 4.78 is 5.52. The van der Waals surface area contributed by atoms with Crippen molar-refractivity contribution in [1.82, 2.24) is 15.1 Å². The van der Waals surface area contributed by atoms with E-state index in [-0.39, 0.29) is 18.4 Å². The first-order chi connectivity index (χ1) is 13.6. The molecule has 6 nitrogen and oxygen atoms in total. The highest BCUT2D eigenvalue weighted by Crippen LogP contribution is 2.23. The predicted molar refractivity (Wildman–Crippen MR) is 108 cm³/mol. The standard InChI is InChI=1S/C21H24ClN3O3/c22-18-8-4-5-9-19(18)28-16-21(27)25-12-10-24(11-13-25)15-20(26)23-14-17-6-2-1-3-7-17/h1-9H,10-16H2,(H,23,26). The Hall–Kier alpha value is -2.57. The molecule has 28 heavy (non-hydrogen) atoms. The topological polar surface area (TPSA) is 61.9 Å². The minimum atomic E-state index is -0.0758. The fourth-order valence-corrected chi connectivity index (χ4v) is 3.19. The second-order valence-corrected chi connectivity index (χ2v) is 7.05. The molecule has 2 aromatic carbocycles. The number of carbonyl (C=O) groups is 2. The molecule has 2 amide bonds. The SMILES string of the molecule is O=C(CN1CCN(C(=O)COc2ccccc2Cl)CC1)NCc1ccccc1. The summed E-state index contributed by atoms with van der Waals surface area (Å²) in [5.41, 5.74) is 1.07. The van der Waals surface area contributed by atoms with Crippen molar-refractivity contribution in [3.63, 3.8) is 0 Å². The summed E-state index contributed by atoms with van der Waals surface area (Å²) in [4.78, 5) is 28.3. The van der Waals surface area contributed by atoms with Crippen LogP contribution in [0.3, 0.4) is 0 Å². The lowest BCUT2D eigenvalue weighted by molar-refractivity contribution is -0.135. The number of nitrogens with zero attached hydrogens (tertiary/aromatic N) is 2. The van der Waals surface area contributed by atoms with Gasteiger partial charge in [0, 0.05) is 32.7 Å². The molecule has 1 N–H and O–H groups in total. The number of carbonyl (C=O) groups excluding carboxylic acids is 2. The van der Waals surface area contributed by atoms with Crippen LogP contribution >= 0.6 is 11.6 Å². The molecule has 0 bridgehead atoms. The van der Waals surface area contributed by atoms with Gasteiger partial charge in [-0.2, -0.15) is 0 Å². The van der Waals surface area contributed by atoms with Crippen molar-refractivity contribution in [2.75, 3.05) is 39.3 Å². The molecule has 0 saturated carbocycles. The smallest absolute Gasteiger partial charge is 0.260 e. The van der Waals surface area contributed by atoms with Gasteiger partial charge in [-0.05, 0) is 17.7 Å². The number of amides is 2. The maximum atomic E-state index is 12.3. The Morgan fingerprint density at radius 2 is 1.64 bits per heavy atom. The van der Waals surface area contributed by atoms with Crippen LogP contribution in [0.2, 0.25) is 5.02 Å². The summed E-state index contributed by atoms with van der Waals surface area (Å²) in [6, 6.07) is 16.9. The first-order valence-electron chi connectivity index (χ1n) is 9.30. The van der Waals surface area contributed by atoms with Gasteiger partial charge in [-0.3, -0.25) is 14.5 Å². The maximum Gasteiger partial charge on any atom is 0.260 e. The van der Waals surface area contributed by atoms with Crippen LogP contribution in [-0.2, 0) is 16.1 Å². The minimum absolute atomic E-state index is 0.00863. The zero-order chi connectivity index (χ0) is 19.8. The minimum Gasteiger partial charge on any atom is -0.482 e. The number of hydrogen-bond donors (Lipinski definition) is 1. The average molecular weight is 402 g/mol. The molecule has 0 aliphatic carbocycles. The Kier molecular flexibility index (Phi) is 7.28. The van der Waals surface area contributed by atoms with Gasteiger partial charge in [-0.25, -0.2) is 0 Å². The number of halogens is 1. The molecule has 1 heterocycles. The van der Waals surface area contributed by atoms with Gasteiger partial charge in [0.1, 0.15) is 5.75 Å². The Morgan fingerprint density at radius 1 is 0.964 bits per heavy atom.